The van der Waals surface area contributed by atoms with E-state index in [1.807, 2.05) is 6.07 Å². The monoisotopic (exact) mass is 540 g/mol. The van der Waals surface area contributed by atoms with Gasteiger partial charge in [-0.2, -0.15) is 13.2 Å². The molecule has 1 saturated heterocycles. The van der Waals surface area contributed by atoms with Gasteiger partial charge in [0.15, 0.2) is 0 Å². The minimum atomic E-state index is -4.45. The Bertz CT molecular complexity index is 1350. The van der Waals surface area contributed by atoms with Gasteiger partial charge < -0.3 is 14.2 Å². The molecule has 1 atom stereocenters. The molecule has 5 nitrogen and oxygen atoms in total. The summed E-state index contributed by atoms with van der Waals surface area (Å²) in [6.07, 6.45) is -3.28. The number of carbonyl (C=O) groups is 2. The van der Waals surface area contributed by atoms with Gasteiger partial charge in [0.25, 0.3) is 5.91 Å². The number of aryl methyl sites for hydroxylation is 2. The molecule has 4 rings (SSSR count). The fraction of sp³-hybridized carbons (Fsp3) is 0.385. The molecule has 2 aromatic carbocycles. The Hall–Kier alpha value is -2.71. The van der Waals surface area contributed by atoms with E-state index >= 15 is 0 Å². The van der Waals surface area contributed by atoms with E-state index in [4.69, 9.17) is 27.9 Å². The number of methoxy groups -OCH3 is 1. The summed E-state index contributed by atoms with van der Waals surface area (Å²) in [7, 11) is 3.03. The minimum absolute atomic E-state index is 0.0209. The number of hydrogen-bond acceptors (Lipinski definition) is 3. The van der Waals surface area contributed by atoms with E-state index in [2.05, 4.69) is 0 Å². The number of benzene rings is 2. The molecule has 1 aliphatic heterocycles. The summed E-state index contributed by atoms with van der Waals surface area (Å²) in [5, 5.41) is 1.27. The average Bonchev–Trinajstić information content (AvgIpc) is 3.40. The van der Waals surface area contributed by atoms with Gasteiger partial charge in [-0.1, -0.05) is 23.2 Å². The summed E-state index contributed by atoms with van der Waals surface area (Å²) < 4.78 is 46.4. The second-order valence-electron chi connectivity index (χ2n) is 9.17. The molecule has 1 fully saturated rings. The van der Waals surface area contributed by atoms with Crippen LogP contribution in [0.3, 0.4) is 0 Å². The van der Waals surface area contributed by atoms with Crippen molar-refractivity contribution in [1.29, 1.82) is 0 Å². The van der Waals surface area contributed by atoms with E-state index in [1.165, 1.54) is 7.11 Å². The van der Waals surface area contributed by atoms with Gasteiger partial charge in [-0.3, -0.25) is 9.59 Å². The van der Waals surface area contributed by atoms with Crippen LogP contribution in [0.4, 0.5) is 13.2 Å². The van der Waals surface area contributed by atoms with Crippen molar-refractivity contribution in [2.45, 2.75) is 32.4 Å². The molecule has 1 unspecified atom stereocenters. The van der Waals surface area contributed by atoms with Crippen LogP contribution in [0.2, 0.25) is 10.0 Å². The van der Waals surface area contributed by atoms with Crippen molar-refractivity contribution in [3.63, 3.8) is 0 Å². The molecule has 10 heteroatoms. The molecule has 0 radical (unpaired) electrons. The van der Waals surface area contributed by atoms with Gasteiger partial charge in [-0.25, -0.2) is 0 Å². The van der Waals surface area contributed by atoms with Gasteiger partial charge in [0, 0.05) is 48.2 Å². The molecule has 0 aliphatic carbocycles. The molecule has 0 N–H and O–H groups in total. The number of aromatic nitrogens is 1. The largest absolute Gasteiger partial charge is 0.469 e. The minimum Gasteiger partial charge on any atom is -0.469 e. The Morgan fingerprint density at radius 2 is 1.89 bits per heavy atom. The van der Waals surface area contributed by atoms with Crippen molar-refractivity contribution >= 4 is 46.0 Å². The normalized spacial score (nSPS) is 16.1. The fourth-order valence-corrected chi connectivity index (χ4v) is 5.36. The molecular weight excluding hydrogens is 516 g/mol. The standard InChI is InChI=1S/C26H25Cl2F3N2O3/c1-14-8-16(26(29,30)31)10-22-19(14)11-17(32(22)2)12-20-21(27)5-4-18(24(20)28)25(35)33-7-6-15(13-33)9-23(34)36-3/h4-5,8,10-11,15H,6-7,9,12-13H2,1-3H3. The maximum atomic E-state index is 13.3. The lowest BCUT2D eigenvalue weighted by atomic mass is 10.0. The van der Waals surface area contributed by atoms with Crippen molar-refractivity contribution in [3.8, 4) is 0 Å². The molecule has 0 spiro atoms. The first-order valence-corrected chi connectivity index (χ1v) is 12.2. The number of halogens is 5. The van der Waals surface area contributed by atoms with E-state index in [1.54, 1.807) is 35.6 Å². The van der Waals surface area contributed by atoms with Gasteiger partial charge in [-0.05, 0) is 60.7 Å². The first kappa shape index (κ1) is 26.4. The number of likely N-dealkylation sites (tertiary alicyclic amines) is 1. The summed E-state index contributed by atoms with van der Waals surface area (Å²) in [6, 6.07) is 7.27. The van der Waals surface area contributed by atoms with Crippen LogP contribution in [0.5, 0.6) is 0 Å². The van der Waals surface area contributed by atoms with Crippen LogP contribution in [0.15, 0.2) is 30.3 Å². The zero-order chi connectivity index (χ0) is 26.4. The molecule has 1 amide bonds. The number of ether oxygens (including phenoxy) is 1. The summed E-state index contributed by atoms with van der Waals surface area (Å²) in [5.41, 5.74) is 1.78. The van der Waals surface area contributed by atoms with Crippen molar-refractivity contribution in [2.24, 2.45) is 13.0 Å². The smallest absolute Gasteiger partial charge is 0.416 e. The summed E-state index contributed by atoms with van der Waals surface area (Å²) in [6.45, 7) is 2.56. The lowest BCUT2D eigenvalue weighted by molar-refractivity contribution is -0.141. The zero-order valence-electron chi connectivity index (χ0n) is 20.0. The maximum absolute atomic E-state index is 13.3. The van der Waals surface area contributed by atoms with E-state index in [0.717, 1.165) is 12.1 Å². The van der Waals surface area contributed by atoms with Crippen LogP contribution in [0, 0.1) is 12.8 Å². The number of alkyl halides is 3. The molecule has 1 aromatic heterocycles. The SMILES string of the molecule is COC(=O)CC1CCN(C(=O)c2ccc(Cl)c(Cc3cc4c(C)cc(C(F)(F)F)cc4n3C)c2Cl)C1. The second-order valence-corrected chi connectivity index (χ2v) is 9.95. The number of fused-ring (bicyclic) bond motifs is 1. The van der Waals surface area contributed by atoms with Crippen LogP contribution in [0.25, 0.3) is 10.9 Å². The number of carbonyl (C=O) groups excluding carboxylic acids is 2. The first-order valence-electron chi connectivity index (χ1n) is 11.4. The maximum Gasteiger partial charge on any atom is 0.416 e. The third-order valence-electron chi connectivity index (χ3n) is 6.83. The summed E-state index contributed by atoms with van der Waals surface area (Å²) >= 11 is 13.1. The van der Waals surface area contributed by atoms with Crippen LogP contribution < -0.4 is 0 Å². The van der Waals surface area contributed by atoms with Crippen LogP contribution in [-0.4, -0.2) is 41.5 Å². The lowest BCUT2D eigenvalue weighted by Crippen LogP contribution is -2.29. The molecule has 192 valence electrons. The van der Waals surface area contributed by atoms with Crippen LogP contribution in [-0.2, 0) is 29.2 Å². The number of amides is 1. The predicted octanol–water partition coefficient (Wildman–Crippen LogP) is 6.43. The zero-order valence-corrected chi connectivity index (χ0v) is 21.5. The molecule has 36 heavy (non-hydrogen) atoms. The summed E-state index contributed by atoms with van der Waals surface area (Å²) in [4.78, 5) is 26.5. The van der Waals surface area contributed by atoms with Gasteiger partial charge in [0.2, 0.25) is 0 Å². The topological polar surface area (TPSA) is 51.5 Å². The average molecular weight is 541 g/mol. The molecular formula is C26H25Cl2F3N2O3. The Morgan fingerprint density at radius 1 is 1.17 bits per heavy atom. The molecule has 0 saturated carbocycles. The number of esters is 1. The Morgan fingerprint density at radius 3 is 2.56 bits per heavy atom. The second kappa shape index (κ2) is 9.98. The molecule has 3 aromatic rings. The van der Waals surface area contributed by atoms with E-state index in [-0.39, 0.29) is 35.7 Å². The van der Waals surface area contributed by atoms with Crippen molar-refractivity contribution in [3.05, 3.63) is 68.3 Å². The van der Waals surface area contributed by atoms with Crippen molar-refractivity contribution in [1.82, 2.24) is 9.47 Å². The van der Waals surface area contributed by atoms with E-state index in [0.29, 0.717) is 57.8 Å². The number of hydrogen-bond donors (Lipinski definition) is 0. The third-order valence-corrected chi connectivity index (χ3v) is 7.61. The highest BCUT2D eigenvalue weighted by atomic mass is 35.5. The fourth-order valence-electron chi connectivity index (χ4n) is 4.78. The van der Waals surface area contributed by atoms with Crippen molar-refractivity contribution in [2.75, 3.05) is 20.2 Å². The third kappa shape index (κ3) is 5.06. The number of nitrogens with zero attached hydrogens (tertiary/aromatic N) is 2. The van der Waals surface area contributed by atoms with Gasteiger partial charge in [0.05, 0.1) is 29.7 Å². The number of rotatable bonds is 5. The quantitative estimate of drug-likeness (QED) is 0.350. The van der Waals surface area contributed by atoms with E-state index < -0.39 is 11.7 Å². The summed E-state index contributed by atoms with van der Waals surface area (Å²) in [5.74, 6) is -0.547. The van der Waals surface area contributed by atoms with Crippen molar-refractivity contribution < 1.29 is 27.5 Å². The molecule has 2 heterocycles. The van der Waals surface area contributed by atoms with Crippen LogP contribution in [0.1, 0.15) is 45.6 Å². The van der Waals surface area contributed by atoms with Crippen LogP contribution >= 0.6 is 23.2 Å². The highest BCUT2D eigenvalue weighted by Gasteiger charge is 2.32. The lowest BCUT2D eigenvalue weighted by Gasteiger charge is -2.19. The van der Waals surface area contributed by atoms with Gasteiger partial charge >= 0.3 is 12.1 Å². The Kier molecular flexibility index (Phi) is 7.30. The Balaban J connectivity index is 1.63. The predicted molar refractivity (Wildman–Crippen MR) is 133 cm³/mol. The van der Waals surface area contributed by atoms with E-state index in [9.17, 15) is 22.8 Å². The highest BCUT2D eigenvalue weighted by molar-refractivity contribution is 6.38. The first-order chi connectivity index (χ1) is 16.9. The van der Waals surface area contributed by atoms with Gasteiger partial charge in [0.1, 0.15) is 0 Å². The van der Waals surface area contributed by atoms with Gasteiger partial charge in [-0.15, -0.1) is 0 Å². The molecule has 1 aliphatic rings. The molecule has 0 bridgehead atoms. The highest BCUT2D eigenvalue weighted by Crippen LogP contribution is 2.36. The Labute approximate surface area is 216 Å².